The number of nitrogens with zero attached hydrogens (tertiary/aromatic N) is 1. The molecular formula is C13H15NO3. The fraction of sp³-hybridized carbons (Fsp3) is 0.231. The van der Waals surface area contributed by atoms with Gasteiger partial charge < -0.3 is 9.64 Å². The van der Waals surface area contributed by atoms with Crippen molar-refractivity contribution in [2.75, 3.05) is 11.9 Å². The average molecular weight is 233 g/mol. The molecule has 1 aromatic carbocycles. The molecule has 0 atom stereocenters. The van der Waals surface area contributed by atoms with E-state index in [9.17, 15) is 9.59 Å². The van der Waals surface area contributed by atoms with Gasteiger partial charge in [0.2, 0.25) is 5.91 Å². The molecule has 0 aliphatic heterocycles. The highest BCUT2D eigenvalue weighted by molar-refractivity contribution is 6.00. The maximum Gasteiger partial charge on any atom is 0.310 e. The molecule has 0 heterocycles. The Bertz CT molecular complexity index is 423. The lowest BCUT2D eigenvalue weighted by molar-refractivity contribution is -0.134. The molecule has 0 fully saturated rings. The monoisotopic (exact) mass is 233 g/mol. The number of hydrogen-bond acceptors (Lipinski definition) is 3. The molecule has 0 bridgehead atoms. The van der Waals surface area contributed by atoms with Crippen molar-refractivity contribution in [3.05, 3.63) is 36.9 Å². The zero-order valence-corrected chi connectivity index (χ0v) is 9.97. The Balaban J connectivity index is 2.77. The molecule has 1 amide bonds. The predicted molar refractivity (Wildman–Crippen MR) is 66.0 cm³/mol. The van der Waals surface area contributed by atoms with Crippen LogP contribution in [0.2, 0.25) is 0 Å². The Labute approximate surface area is 100 Å². The second-order valence-electron chi connectivity index (χ2n) is 3.42. The molecular weight excluding hydrogens is 218 g/mol. The quantitative estimate of drug-likeness (QED) is 0.455. The first-order chi connectivity index (χ1) is 8.08. The van der Waals surface area contributed by atoms with Gasteiger partial charge in [-0.2, -0.15) is 0 Å². The van der Waals surface area contributed by atoms with Crippen molar-refractivity contribution in [3.8, 4) is 5.75 Å². The van der Waals surface area contributed by atoms with Gasteiger partial charge in [0.15, 0.2) is 0 Å². The molecule has 0 aliphatic carbocycles. The smallest absolute Gasteiger partial charge is 0.310 e. The molecule has 1 rings (SSSR count). The van der Waals surface area contributed by atoms with Crippen molar-refractivity contribution in [1.82, 2.24) is 0 Å². The minimum atomic E-state index is -0.284. The summed E-state index contributed by atoms with van der Waals surface area (Å²) >= 11 is 0. The van der Waals surface area contributed by atoms with E-state index in [2.05, 4.69) is 6.58 Å². The van der Waals surface area contributed by atoms with E-state index in [0.29, 0.717) is 17.9 Å². The summed E-state index contributed by atoms with van der Waals surface area (Å²) in [5, 5.41) is 0. The molecule has 0 spiro atoms. The number of ether oxygens (including phenoxy) is 1. The molecule has 17 heavy (non-hydrogen) atoms. The van der Waals surface area contributed by atoms with Crippen LogP contribution in [0.25, 0.3) is 0 Å². The summed E-state index contributed by atoms with van der Waals surface area (Å²) in [7, 11) is 1.65. The molecule has 4 heteroatoms. The number of carbonyl (C=O) groups is 2. The van der Waals surface area contributed by atoms with Crippen LogP contribution in [0.3, 0.4) is 0 Å². The van der Waals surface area contributed by atoms with Gasteiger partial charge in [-0.25, -0.2) is 0 Å². The van der Waals surface area contributed by atoms with Gasteiger partial charge in [0.1, 0.15) is 5.75 Å². The lowest BCUT2D eigenvalue weighted by atomic mass is 10.2. The number of benzene rings is 1. The normalized spacial score (nSPS) is 9.53. The minimum Gasteiger partial charge on any atom is -0.427 e. The third kappa shape index (κ3) is 3.45. The van der Waals surface area contributed by atoms with Crippen molar-refractivity contribution < 1.29 is 14.3 Å². The zero-order chi connectivity index (χ0) is 12.8. The van der Waals surface area contributed by atoms with Gasteiger partial charge >= 0.3 is 5.97 Å². The van der Waals surface area contributed by atoms with E-state index in [1.54, 1.807) is 38.2 Å². The molecule has 0 unspecified atom stereocenters. The molecule has 0 saturated carbocycles. The molecule has 4 nitrogen and oxygen atoms in total. The van der Waals surface area contributed by atoms with Crippen molar-refractivity contribution in [3.63, 3.8) is 0 Å². The summed E-state index contributed by atoms with van der Waals surface area (Å²) in [6, 6.07) is 6.71. The number of amides is 1. The van der Waals surface area contributed by atoms with Crippen LogP contribution in [0.1, 0.15) is 13.3 Å². The first kappa shape index (κ1) is 13.0. The van der Waals surface area contributed by atoms with E-state index >= 15 is 0 Å². The fourth-order valence-electron chi connectivity index (χ4n) is 1.21. The molecule has 0 N–H and O–H groups in total. The number of esters is 1. The van der Waals surface area contributed by atoms with E-state index in [0.717, 1.165) is 0 Å². The summed E-state index contributed by atoms with van der Waals surface area (Å²) in [5.74, 6) is -0.00312. The fourth-order valence-corrected chi connectivity index (χ4v) is 1.21. The van der Waals surface area contributed by atoms with E-state index in [1.807, 2.05) is 0 Å². The Morgan fingerprint density at radius 1 is 1.35 bits per heavy atom. The van der Waals surface area contributed by atoms with E-state index in [4.69, 9.17) is 4.74 Å². The Morgan fingerprint density at radius 3 is 2.41 bits per heavy atom. The number of carbonyl (C=O) groups excluding carboxylic acids is 2. The van der Waals surface area contributed by atoms with Crippen LogP contribution in [-0.4, -0.2) is 18.9 Å². The number of hydrogen-bond donors (Lipinski definition) is 0. The topological polar surface area (TPSA) is 46.6 Å². The lowest BCUT2D eigenvalue weighted by Crippen LogP contribution is -2.23. The third-order valence-electron chi connectivity index (χ3n) is 2.25. The predicted octanol–water partition coefficient (Wildman–Crippen LogP) is 2.15. The zero-order valence-electron chi connectivity index (χ0n) is 9.97. The second kappa shape index (κ2) is 5.84. The molecule has 1 aromatic rings. The van der Waals surface area contributed by atoms with Crippen molar-refractivity contribution in [2.45, 2.75) is 13.3 Å². The Kier molecular flexibility index (Phi) is 4.46. The Hall–Kier alpha value is -2.10. The van der Waals surface area contributed by atoms with Crippen LogP contribution in [0.15, 0.2) is 36.9 Å². The minimum absolute atomic E-state index is 0.191. The van der Waals surface area contributed by atoms with Crippen LogP contribution in [-0.2, 0) is 9.59 Å². The van der Waals surface area contributed by atoms with E-state index in [-0.39, 0.29) is 11.9 Å². The lowest BCUT2D eigenvalue weighted by Gasteiger charge is -2.15. The molecule has 0 saturated heterocycles. The van der Waals surface area contributed by atoms with Crippen LogP contribution >= 0.6 is 0 Å². The first-order valence-electron chi connectivity index (χ1n) is 5.29. The van der Waals surface area contributed by atoms with Crippen molar-refractivity contribution in [2.24, 2.45) is 0 Å². The SMILES string of the molecule is C=CC(=O)N(C)c1ccc(OC(=O)CC)cc1. The molecule has 90 valence electrons. The standard InChI is InChI=1S/C13H15NO3/c1-4-12(15)14(3)10-6-8-11(9-7-10)17-13(16)5-2/h4,6-9H,1,5H2,2-3H3. The van der Waals surface area contributed by atoms with Crippen LogP contribution < -0.4 is 9.64 Å². The summed E-state index contributed by atoms with van der Waals surface area (Å²) in [4.78, 5) is 23.9. The number of likely N-dealkylation sites (N-methyl/N-ethyl adjacent to an activating group) is 1. The van der Waals surface area contributed by atoms with Gasteiger partial charge in [-0.1, -0.05) is 13.5 Å². The van der Waals surface area contributed by atoms with Gasteiger partial charge in [-0.15, -0.1) is 0 Å². The molecule has 0 aromatic heterocycles. The summed E-state index contributed by atoms with van der Waals surface area (Å²) < 4.78 is 5.02. The van der Waals surface area contributed by atoms with Crippen molar-refractivity contribution in [1.29, 1.82) is 0 Å². The summed E-state index contributed by atoms with van der Waals surface area (Å²) in [6.45, 7) is 5.14. The highest BCUT2D eigenvalue weighted by Gasteiger charge is 2.07. The summed E-state index contributed by atoms with van der Waals surface area (Å²) in [5.41, 5.74) is 0.714. The van der Waals surface area contributed by atoms with Crippen molar-refractivity contribution >= 4 is 17.6 Å². The average Bonchev–Trinajstić information content (AvgIpc) is 2.37. The number of rotatable bonds is 4. The van der Waals surface area contributed by atoms with E-state index in [1.165, 1.54) is 11.0 Å². The van der Waals surface area contributed by atoms with Gasteiger partial charge in [-0.3, -0.25) is 9.59 Å². The number of anilines is 1. The van der Waals surface area contributed by atoms with Crippen LogP contribution in [0, 0.1) is 0 Å². The maximum atomic E-state index is 11.3. The summed E-state index contributed by atoms with van der Waals surface area (Å²) in [6.07, 6.45) is 1.57. The third-order valence-corrected chi connectivity index (χ3v) is 2.25. The van der Waals surface area contributed by atoms with E-state index < -0.39 is 0 Å². The van der Waals surface area contributed by atoms with Gasteiger partial charge in [0, 0.05) is 19.2 Å². The maximum absolute atomic E-state index is 11.3. The highest BCUT2D eigenvalue weighted by Crippen LogP contribution is 2.19. The van der Waals surface area contributed by atoms with Crippen LogP contribution in [0.4, 0.5) is 5.69 Å². The second-order valence-corrected chi connectivity index (χ2v) is 3.42. The van der Waals surface area contributed by atoms with Crippen LogP contribution in [0.5, 0.6) is 5.75 Å². The van der Waals surface area contributed by atoms with Gasteiger partial charge in [-0.05, 0) is 30.3 Å². The molecule has 0 aliphatic rings. The Morgan fingerprint density at radius 2 is 1.94 bits per heavy atom. The largest absolute Gasteiger partial charge is 0.427 e. The first-order valence-corrected chi connectivity index (χ1v) is 5.29. The molecule has 0 radical (unpaired) electrons. The van der Waals surface area contributed by atoms with Gasteiger partial charge in [0.05, 0.1) is 0 Å². The highest BCUT2D eigenvalue weighted by atomic mass is 16.5. The van der Waals surface area contributed by atoms with Gasteiger partial charge in [0.25, 0.3) is 0 Å².